The third kappa shape index (κ3) is 11.0. The summed E-state index contributed by atoms with van der Waals surface area (Å²) in [4.78, 5) is 116. The van der Waals surface area contributed by atoms with Gasteiger partial charge in [0.25, 0.3) is 23.6 Å². The van der Waals surface area contributed by atoms with E-state index in [0.29, 0.717) is 9.80 Å². The van der Waals surface area contributed by atoms with Gasteiger partial charge in [-0.25, -0.2) is 19.2 Å². The predicted octanol–water partition coefficient (Wildman–Crippen LogP) is 11.7. The highest BCUT2D eigenvalue weighted by atomic mass is 16.6. The van der Waals surface area contributed by atoms with E-state index in [4.69, 9.17) is 37.9 Å². The quantitative estimate of drug-likeness (QED) is 0.0130. The summed E-state index contributed by atoms with van der Waals surface area (Å²) in [7, 11) is 0. The van der Waals surface area contributed by atoms with Gasteiger partial charge in [0, 0.05) is 54.2 Å². The maximum Gasteiger partial charge on any atom is 0.333 e. The minimum atomic E-state index is -1.66. The molecule has 2 aliphatic rings. The first-order valence-corrected chi connectivity index (χ1v) is 28.1. The molecule has 0 spiro atoms. The molecular weight excluding hydrogens is 1180 g/mol. The van der Waals surface area contributed by atoms with Crippen LogP contribution in [-0.2, 0) is 38.1 Å². The van der Waals surface area contributed by atoms with E-state index in [1.54, 1.807) is 0 Å². The number of carbonyl (C=O) groups excluding carboxylic acids is 8. The molecule has 0 N–H and O–H groups in total. The minimum Gasteiger partial charge on any atom is -0.461 e. The summed E-state index contributed by atoms with van der Waals surface area (Å²) < 4.78 is 48.6. The molecule has 2 unspecified atom stereocenters. The number of amides is 4. The Kier molecular flexibility index (Phi) is 16.3. The summed E-state index contributed by atoms with van der Waals surface area (Å²) in [5.41, 5.74) is -0.206. The van der Waals surface area contributed by atoms with Crippen LogP contribution in [0, 0.1) is 45.3 Å². The van der Waals surface area contributed by atoms with Gasteiger partial charge in [0.1, 0.15) is 84.5 Å². The molecule has 0 radical (unpaired) electrons. The lowest BCUT2D eigenvalue weighted by molar-refractivity contribution is -0.153. The van der Waals surface area contributed by atoms with Gasteiger partial charge < -0.3 is 37.9 Å². The number of fused-ring (bicyclic) bond motifs is 2. The Morgan fingerprint density at radius 1 is 0.391 bits per heavy atom. The second kappa shape index (κ2) is 24.7. The van der Waals surface area contributed by atoms with Gasteiger partial charge in [-0.1, -0.05) is 37.4 Å². The van der Waals surface area contributed by atoms with Crippen LogP contribution in [-0.4, -0.2) is 95.8 Å². The minimum absolute atomic E-state index is 0.0102. The molecule has 2 aliphatic heterocycles. The fraction of sp³-hybridized carbons (Fsp3) is 0.143. The molecule has 9 aromatic carbocycles. The second-order valence-electron chi connectivity index (χ2n) is 21.1. The lowest BCUT2D eigenvalue weighted by Gasteiger charge is -2.34. The van der Waals surface area contributed by atoms with E-state index < -0.39 is 86.0 Å². The van der Waals surface area contributed by atoms with Crippen molar-refractivity contribution in [2.75, 3.05) is 26.4 Å². The molecule has 2 atom stereocenters. The summed E-state index contributed by atoms with van der Waals surface area (Å²) >= 11 is 0. The van der Waals surface area contributed by atoms with Crippen molar-refractivity contribution in [1.29, 1.82) is 21.0 Å². The Bertz CT molecular complexity index is 4410. The lowest BCUT2D eigenvalue weighted by atomic mass is 9.80. The van der Waals surface area contributed by atoms with Gasteiger partial charge in [-0.15, -0.1) is 0 Å². The fourth-order valence-corrected chi connectivity index (χ4v) is 10.8. The highest BCUT2D eigenvalue weighted by Gasteiger charge is 2.45. The van der Waals surface area contributed by atoms with Crippen LogP contribution >= 0.6 is 0 Å². The zero-order chi connectivity index (χ0) is 65.4. The molecule has 11 rings (SSSR count). The zero-order valence-corrected chi connectivity index (χ0v) is 49.2. The molecule has 0 aliphatic carbocycles. The Hall–Kier alpha value is -12.9. The third-order valence-electron chi connectivity index (χ3n) is 15.0. The van der Waals surface area contributed by atoms with E-state index in [9.17, 15) is 40.2 Å². The first-order valence-electron chi connectivity index (χ1n) is 28.1. The van der Waals surface area contributed by atoms with Crippen LogP contribution in [0.1, 0.15) is 91.4 Å². The molecule has 4 amide bonds. The Balaban J connectivity index is 1.27. The monoisotopic (exact) mass is 1230 g/mol. The molecule has 0 saturated carbocycles. The molecule has 0 bridgehead atoms. The summed E-state index contributed by atoms with van der Waals surface area (Å²) in [6.45, 7) is 10.7. The molecular formula is C70H46N6O16. The summed E-state index contributed by atoms with van der Waals surface area (Å²) in [5.74, 6) is -8.43. The number of hydrogen-bond acceptors (Lipinski definition) is 20. The number of benzene rings is 9. The molecule has 22 nitrogen and oxygen atoms in total. The van der Waals surface area contributed by atoms with Crippen molar-refractivity contribution in [2.24, 2.45) is 0 Å². The van der Waals surface area contributed by atoms with Crippen LogP contribution in [0.2, 0.25) is 0 Å². The van der Waals surface area contributed by atoms with Gasteiger partial charge in [-0.05, 0) is 125 Å². The van der Waals surface area contributed by atoms with E-state index >= 15 is 19.2 Å². The first kappa shape index (κ1) is 60.8. The number of nitrogens with zero attached hydrogens (tertiary/aromatic N) is 6. The van der Waals surface area contributed by atoms with E-state index in [1.165, 1.54) is 149 Å². The van der Waals surface area contributed by atoms with E-state index in [-0.39, 0.29) is 145 Å². The Morgan fingerprint density at radius 2 is 0.641 bits per heavy atom. The number of carbonyl (C=O) groups is 8. The van der Waals surface area contributed by atoms with Crippen molar-refractivity contribution in [1.82, 2.24) is 9.80 Å². The first-order chi connectivity index (χ1) is 44.2. The van der Waals surface area contributed by atoms with Gasteiger partial charge in [0.15, 0.2) is 0 Å². The number of ether oxygens (including phenoxy) is 8. The van der Waals surface area contributed by atoms with Gasteiger partial charge in [0.2, 0.25) is 0 Å². The second-order valence-corrected chi connectivity index (χ2v) is 21.1. The highest BCUT2D eigenvalue weighted by molar-refractivity contribution is 6.45. The standard InChI is InChI=1S/C70H46N6O16/c1-35(2)67(81)85-19-21-87-69(83)37(5)75-63(77)47-27-51(89-43-15-7-11-39(23-43)31-71)57-59-53(91-45-17-9-13-41(25-45)33-73)29-49-56-50(66(80)76(65(49)79)38(6)70(84)88-22-20-86-68(82)36(3)4)30-54(92-46-18-10-14-42(26-46)34-74)60(62(56)59)58-52(28-48(64(75)78)55(47)61(57)58)90-44-16-8-12-40(24-44)32-72/h7-18,23-30,37-38H,1,3,19-22H2,2,4-6H3. The van der Waals surface area contributed by atoms with Gasteiger partial charge >= 0.3 is 23.9 Å². The number of nitriles is 4. The van der Waals surface area contributed by atoms with Gasteiger partial charge in [-0.3, -0.25) is 29.0 Å². The Morgan fingerprint density at radius 3 is 0.880 bits per heavy atom. The van der Waals surface area contributed by atoms with Crippen LogP contribution in [0.3, 0.4) is 0 Å². The predicted molar refractivity (Wildman–Crippen MR) is 326 cm³/mol. The third-order valence-corrected chi connectivity index (χ3v) is 15.0. The number of hydrogen-bond donors (Lipinski definition) is 0. The molecule has 9 aromatic rings. The topological polar surface area (TPSA) is 312 Å². The summed E-state index contributed by atoms with van der Waals surface area (Å²) in [5, 5.41) is 40.5. The van der Waals surface area contributed by atoms with Crippen LogP contribution in [0.15, 0.2) is 146 Å². The van der Waals surface area contributed by atoms with Crippen molar-refractivity contribution >= 4 is 90.6 Å². The molecule has 0 saturated heterocycles. The normalized spacial score (nSPS) is 12.9. The maximum atomic E-state index is 15.6. The molecule has 92 heavy (non-hydrogen) atoms. The number of imide groups is 2. The van der Waals surface area contributed by atoms with Crippen molar-refractivity contribution < 1.29 is 76.3 Å². The SMILES string of the molecule is C=C(C)C(=O)OCCOC(=O)C(C)N1C(=O)c2cc(Oc3cccc(C#N)c3)c3c4c(Oc5cccc(C#N)c5)cc5c6c(cc(Oc7cccc(C#N)c7)c(c7c(Oc8cccc(C#N)c8)cc(c2c37)C1=O)c64)C(=O)N(C(C)C(=O)OCCOC(=O)C(=C)C)C5=O. The average Bonchev–Trinajstić information content (AvgIpc) is 0.673. The van der Waals surface area contributed by atoms with E-state index in [0.717, 1.165) is 0 Å². The maximum absolute atomic E-state index is 15.6. The average molecular weight is 1230 g/mol. The largest absolute Gasteiger partial charge is 0.461 e. The van der Waals surface area contributed by atoms with Crippen molar-refractivity contribution in [2.45, 2.75) is 39.8 Å². The van der Waals surface area contributed by atoms with Crippen molar-refractivity contribution in [3.63, 3.8) is 0 Å². The zero-order valence-electron chi connectivity index (χ0n) is 49.2. The fourth-order valence-electron chi connectivity index (χ4n) is 10.8. The molecule has 452 valence electrons. The Labute approximate surface area is 522 Å². The van der Waals surface area contributed by atoms with Crippen molar-refractivity contribution in [3.05, 3.63) is 190 Å². The summed E-state index contributed by atoms with van der Waals surface area (Å²) in [6.07, 6.45) is 0. The highest BCUT2D eigenvalue weighted by Crippen LogP contribution is 2.58. The van der Waals surface area contributed by atoms with E-state index in [1.807, 2.05) is 0 Å². The summed E-state index contributed by atoms with van der Waals surface area (Å²) in [6, 6.07) is 34.2. The van der Waals surface area contributed by atoms with Crippen LogP contribution in [0.5, 0.6) is 46.0 Å². The van der Waals surface area contributed by atoms with Gasteiger partial charge in [-0.2, -0.15) is 21.0 Å². The van der Waals surface area contributed by atoms with Crippen LogP contribution in [0.4, 0.5) is 0 Å². The van der Waals surface area contributed by atoms with Crippen LogP contribution in [0.25, 0.3) is 43.1 Å². The lowest BCUT2D eigenvalue weighted by Crippen LogP contribution is -2.50. The van der Waals surface area contributed by atoms with Gasteiger partial charge in [0.05, 0.1) is 68.8 Å². The molecule has 22 heteroatoms. The van der Waals surface area contributed by atoms with Crippen molar-refractivity contribution in [3.8, 4) is 70.3 Å². The van der Waals surface area contributed by atoms with E-state index in [2.05, 4.69) is 37.4 Å². The molecule has 0 fully saturated rings. The number of rotatable bonds is 20. The smallest absolute Gasteiger partial charge is 0.333 e. The number of esters is 4. The molecule has 0 aromatic heterocycles. The van der Waals surface area contributed by atoms with Crippen LogP contribution < -0.4 is 18.9 Å². The molecule has 2 heterocycles.